The SMILES string of the molecule is Brc1cccc(-c2cccc(-c3ccc4c(c3)c3ccccc3n4-c3ccc4c(c3)-c3ccccc3C4(c3ccccc3)c3ccccc3)c2)c1.Brc1cccc(-c2cccc(-c3ccc4c(c3)c3ccccc3n4-c3ccc4c(c3)C(c3ccccc3)(c3ccccc3)c3ccccc3-4)c2)c1. The molecule has 0 N–H and O–H groups in total. The van der Waals surface area contributed by atoms with Crippen molar-refractivity contribution in [2.24, 2.45) is 0 Å². The number of aromatic nitrogens is 2. The number of rotatable bonds is 10. The highest BCUT2D eigenvalue weighted by atomic mass is 79.9. The van der Waals surface area contributed by atoms with Crippen molar-refractivity contribution in [3.05, 3.63) is 442 Å². The standard InChI is InChI=1S/2C49H32BrN/c50-39-20-12-15-35(30-39)33-13-11-14-34(29-33)36-25-28-48-44(31-36)43-22-8-10-24-47(43)51(48)40-26-27-42-41-21-7-9-23-45(41)49(46(42)32-40,37-16-3-1-4-17-37)38-18-5-2-6-19-38;50-39-20-12-15-35(30-39)33-13-11-14-34(29-33)36-25-28-48-44(31-36)42-22-8-10-24-47(42)51(48)40-26-27-46-43(32-40)41-21-7-9-23-45(41)49(46,37-16-3-1-4-17-37)38-18-5-2-6-19-38/h2*1-32H. The summed E-state index contributed by atoms with van der Waals surface area (Å²) in [6, 6.07) is 143. The van der Waals surface area contributed by atoms with Crippen LogP contribution < -0.4 is 0 Å². The molecule has 0 bridgehead atoms. The van der Waals surface area contributed by atoms with Crippen LogP contribution in [0.3, 0.4) is 0 Å². The molecule has 2 aromatic heterocycles. The van der Waals surface area contributed by atoms with Gasteiger partial charge in [0.1, 0.15) is 0 Å². The molecule has 0 aliphatic heterocycles. The highest BCUT2D eigenvalue weighted by molar-refractivity contribution is 9.10. The first kappa shape index (κ1) is 61.2. The molecule has 0 spiro atoms. The van der Waals surface area contributed by atoms with Crippen molar-refractivity contribution in [1.82, 2.24) is 9.13 Å². The predicted molar refractivity (Wildman–Crippen MR) is 433 cm³/mol. The molecule has 2 nitrogen and oxygen atoms in total. The number of benzene rings is 16. The van der Waals surface area contributed by atoms with Gasteiger partial charge in [0.05, 0.1) is 32.9 Å². The lowest BCUT2D eigenvalue weighted by molar-refractivity contribution is 0.767. The normalized spacial score (nSPS) is 13.0. The fraction of sp³-hybridized carbons (Fsp3) is 0.0204. The molecule has 16 aromatic carbocycles. The minimum absolute atomic E-state index is 0.410. The minimum atomic E-state index is -0.449. The van der Waals surface area contributed by atoms with Gasteiger partial charge >= 0.3 is 0 Å². The Morgan fingerprint density at radius 3 is 0.961 bits per heavy atom. The second-order valence-electron chi connectivity index (χ2n) is 26.9. The molecule has 102 heavy (non-hydrogen) atoms. The van der Waals surface area contributed by atoms with E-state index in [0.29, 0.717) is 0 Å². The number of nitrogens with zero attached hydrogens (tertiary/aromatic N) is 2. The van der Waals surface area contributed by atoms with E-state index in [1.807, 2.05) is 0 Å². The molecule has 2 heterocycles. The van der Waals surface area contributed by atoms with E-state index in [9.17, 15) is 0 Å². The Balaban J connectivity index is 0.000000141. The zero-order chi connectivity index (χ0) is 67.9. The Labute approximate surface area is 610 Å². The van der Waals surface area contributed by atoms with Gasteiger partial charge in [-0.05, 0) is 208 Å². The highest BCUT2D eigenvalue weighted by Gasteiger charge is 2.48. The largest absolute Gasteiger partial charge is 0.309 e. The molecule has 0 saturated heterocycles. The number of halogens is 2. The maximum atomic E-state index is 3.65. The number of hydrogen-bond acceptors (Lipinski definition) is 0. The van der Waals surface area contributed by atoms with Crippen LogP contribution in [0, 0.1) is 0 Å². The zero-order valence-electron chi connectivity index (χ0n) is 55.6. The summed E-state index contributed by atoms with van der Waals surface area (Å²) in [5, 5.41) is 5.00. The first-order valence-corrected chi connectivity index (χ1v) is 36.5. The molecule has 0 atom stereocenters. The van der Waals surface area contributed by atoms with E-state index in [2.05, 4.69) is 429 Å². The summed E-state index contributed by atoms with van der Waals surface area (Å²) in [7, 11) is 0. The van der Waals surface area contributed by atoms with E-state index in [1.165, 1.54) is 155 Å². The average molecular weight is 1430 g/mol. The first-order valence-electron chi connectivity index (χ1n) is 34.9. The Bertz CT molecular complexity index is 6210. The van der Waals surface area contributed by atoms with Crippen molar-refractivity contribution < 1.29 is 0 Å². The molecular weight excluding hydrogens is 1360 g/mol. The van der Waals surface area contributed by atoms with E-state index in [1.54, 1.807) is 0 Å². The van der Waals surface area contributed by atoms with Crippen molar-refractivity contribution in [3.8, 4) is 78.1 Å². The minimum Gasteiger partial charge on any atom is -0.309 e. The molecule has 18 aromatic rings. The quantitative estimate of drug-likeness (QED) is 0.129. The lowest BCUT2D eigenvalue weighted by Gasteiger charge is -2.34. The van der Waals surface area contributed by atoms with Crippen LogP contribution in [0.1, 0.15) is 44.5 Å². The third kappa shape index (κ3) is 9.87. The van der Waals surface area contributed by atoms with Crippen LogP contribution >= 0.6 is 31.9 Å². The Kier molecular flexibility index (Phi) is 15.0. The van der Waals surface area contributed by atoms with Crippen LogP contribution in [0.4, 0.5) is 0 Å². The molecule has 0 saturated carbocycles. The fourth-order valence-corrected chi connectivity index (χ4v) is 17.9. The molecule has 0 unspecified atom stereocenters. The van der Waals surface area contributed by atoms with E-state index in [4.69, 9.17) is 0 Å². The van der Waals surface area contributed by atoms with Gasteiger partial charge in [0.25, 0.3) is 0 Å². The molecular formula is C98H64Br2N2. The summed E-state index contributed by atoms with van der Waals surface area (Å²) in [5.41, 5.74) is 31.4. The number of para-hydroxylation sites is 2. The summed E-state index contributed by atoms with van der Waals surface area (Å²) >= 11 is 7.29. The summed E-state index contributed by atoms with van der Waals surface area (Å²) < 4.78 is 7.07. The van der Waals surface area contributed by atoms with Crippen molar-refractivity contribution in [2.75, 3.05) is 0 Å². The van der Waals surface area contributed by atoms with Crippen LogP contribution in [0.25, 0.3) is 122 Å². The van der Waals surface area contributed by atoms with Gasteiger partial charge in [-0.15, -0.1) is 0 Å². The Hall–Kier alpha value is -11.9. The number of hydrogen-bond donors (Lipinski definition) is 0. The van der Waals surface area contributed by atoms with E-state index >= 15 is 0 Å². The van der Waals surface area contributed by atoms with Gasteiger partial charge in [-0.2, -0.15) is 0 Å². The molecule has 20 rings (SSSR count). The predicted octanol–water partition coefficient (Wildman–Crippen LogP) is 26.5. The van der Waals surface area contributed by atoms with Crippen LogP contribution in [0.2, 0.25) is 0 Å². The highest BCUT2D eigenvalue weighted by Crippen LogP contribution is 2.59. The van der Waals surface area contributed by atoms with Gasteiger partial charge in [0.2, 0.25) is 0 Å². The molecule has 0 amide bonds. The van der Waals surface area contributed by atoms with E-state index in [0.717, 1.165) is 20.3 Å². The lowest BCUT2D eigenvalue weighted by Crippen LogP contribution is -2.28. The van der Waals surface area contributed by atoms with Crippen molar-refractivity contribution in [2.45, 2.75) is 10.8 Å². The molecule has 4 heteroatoms. The van der Waals surface area contributed by atoms with Gasteiger partial charge in [-0.1, -0.05) is 323 Å². The number of fused-ring (bicyclic) bond motifs is 12. The summed E-state index contributed by atoms with van der Waals surface area (Å²) in [5.74, 6) is 0. The van der Waals surface area contributed by atoms with Crippen molar-refractivity contribution in [3.63, 3.8) is 0 Å². The van der Waals surface area contributed by atoms with Gasteiger partial charge in [0.15, 0.2) is 0 Å². The van der Waals surface area contributed by atoms with Gasteiger partial charge in [-0.25, -0.2) is 0 Å². The first-order chi connectivity index (χ1) is 50.4. The monoisotopic (exact) mass is 1430 g/mol. The molecule has 0 fully saturated rings. The van der Waals surface area contributed by atoms with Crippen LogP contribution in [0.5, 0.6) is 0 Å². The van der Waals surface area contributed by atoms with Crippen molar-refractivity contribution in [1.29, 1.82) is 0 Å². The Morgan fingerprint density at radius 2 is 0.510 bits per heavy atom. The molecule has 2 aliphatic rings. The van der Waals surface area contributed by atoms with Crippen LogP contribution in [0.15, 0.2) is 397 Å². The molecule has 0 radical (unpaired) electrons. The third-order valence-electron chi connectivity index (χ3n) is 21.5. The van der Waals surface area contributed by atoms with Gasteiger partial charge < -0.3 is 9.13 Å². The third-order valence-corrected chi connectivity index (χ3v) is 22.4. The zero-order valence-corrected chi connectivity index (χ0v) is 58.8. The topological polar surface area (TPSA) is 9.86 Å². The molecule has 480 valence electrons. The van der Waals surface area contributed by atoms with E-state index < -0.39 is 10.8 Å². The van der Waals surface area contributed by atoms with Crippen molar-refractivity contribution >= 4 is 75.5 Å². The second-order valence-corrected chi connectivity index (χ2v) is 28.7. The fourth-order valence-electron chi connectivity index (χ4n) is 17.1. The van der Waals surface area contributed by atoms with Gasteiger partial charge in [0, 0.05) is 41.9 Å². The second kappa shape index (κ2) is 25.1. The van der Waals surface area contributed by atoms with Crippen LogP contribution in [-0.2, 0) is 10.8 Å². The van der Waals surface area contributed by atoms with Crippen LogP contribution in [-0.4, -0.2) is 9.13 Å². The molecule has 2 aliphatic carbocycles. The van der Waals surface area contributed by atoms with Gasteiger partial charge in [-0.3, -0.25) is 0 Å². The smallest absolute Gasteiger partial charge is 0.0714 e. The average Bonchev–Trinajstić information content (AvgIpc) is 1.54. The summed E-state index contributed by atoms with van der Waals surface area (Å²) in [4.78, 5) is 0. The summed E-state index contributed by atoms with van der Waals surface area (Å²) in [6.07, 6.45) is 0. The lowest BCUT2D eigenvalue weighted by atomic mass is 9.67. The van der Waals surface area contributed by atoms with E-state index in [-0.39, 0.29) is 0 Å². The Morgan fingerprint density at radius 1 is 0.186 bits per heavy atom. The maximum absolute atomic E-state index is 3.65. The maximum Gasteiger partial charge on any atom is 0.0714 e. The summed E-state index contributed by atoms with van der Waals surface area (Å²) in [6.45, 7) is 0.